The zero-order valence-corrected chi connectivity index (χ0v) is 9.76. The summed E-state index contributed by atoms with van der Waals surface area (Å²) < 4.78 is 0. The van der Waals surface area contributed by atoms with Gasteiger partial charge in [-0.05, 0) is 18.9 Å². The van der Waals surface area contributed by atoms with E-state index in [9.17, 15) is 5.11 Å². The molecule has 2 rings (SSSR count). The van der Waals surface area contributed by atoms with Crippen LogP contribution in [-0.2, 0) is 5.60 Å². The van der Waals surface area contributed by atoms with Crippen LogP contribution >= 0.6 is 0 Å². The SMILES string of the molecule is C/C=C/CN1CC[C@](O)(c2ccccc2)C1. The van der Waals surface area contributed by atoms with Gasteiger partial charge in [-0.1, -0.05) is 42.5 Å². The van der Waals surface area contributed by atoms with Gasteiger partial charge in [0.05, 0.1) is 0 Å². The molecule has 1 aromatic carbocycles. The summed E-state index contributed by atoms with van der Waals surface area (Å²) in [5.74, 6) is 0. The lowest BCUT2D eigenvalue weighted by molar-refractivity contribution is 0.0474. The zero-order chi connectivity index (χ0) is 11.4. The van der Waals surface area contributed by atoms with Crippen molar-refractivity contribution in [2.24, 2.45) is 0 Å². The Morgan fingerprint density at radius 3 is 2.81 bits per heavy atom. The van der Waals surface area contributed by atoms with Gasteiger partial charge in [0, 0.05) is 19.6 Å². The lowest BCUT2D eigenvalue weighted by Gasteiger charge is -2.23. The maximum Gasteiger partial charge on any atom is 0.103 e. The van der Waals surface area contributed by atoms with E-state index in [0.29, 0.717) is 0 Å². The molecule has 0 amide bonds. The van der Waals surface area contributed by atoms with E-state index in [1.165, 1.54) is 0 Å². The smallest absolute Gasteiger partial charge is 0.103 e. The molecule has 0 radical (unpaired) electrons. The highest BCUT2D eigenvalue weighted by Gasteiger charge is 2.36. The highest BCUT2D eigenvalue weighted by Crippen LogP contribution is 2.31. The Morgan fingerprint density at radius 1 is 1.38 bits per heavy atom. The van der Waals surface area contributed by atoms with Crippen LogP contribution in [0.5, 0.6) is 0 Å². The summed E-state index contributed by atoms with van der Waals surface area (Å²) in [5, 5.41) is 10.6. The average molecular weight is 217 g/mol. The maximum absolute atomic E-state index is 10.6. The highest BCUT2D eigenvalue weighted by molar-refractivity contribution is 5.24. The van der Waals surface area contributed by atoms with E-state index in [1.807, 2.05) is 37.3 Å². The second-order valence-corrected chi connectivity index (χ2v) is 4.45. The second-order valence-electron chi connectivity index (χ2n) is 4.45. The topological polar surface area (TPSA) is 23.5 Å². The van der Waals surface area contributed by atoms with Gasteiger partial charge >= 0.3 is 0 Å². The van der Waals surface area contributed by atoms with Gasteiger partial charge in [-0.25, -0.2) is 0 Å². The first-order valence-corrected chi connectivity index (χ1v) is 5.86. The summed E-state index contributed by atoms with van der Waals surface area (Å²) in [6.07, 6.45) is 5.02. The van der Waals surface area contributed by atoms with Crippen LogP contribution in [0.4, 0.5) is 0 Å². The number of nitrogens with zero attached hydrogens (tertiary/aromatic N) is 1. The number of allylic oxidation sites excluding steroid dienone is 1. The molecule has 16 heavy (non-hydrogen) atoms. The standard InChI is InChI=1S/C14H19NO/c1-2-3-10-15-11-9-14(16,12-15)13-7-5-4-6-8-13/h2-8,16H,9-12H2,1H3/b3-2+/t14-/m1/s1. The fourth-order valence-electron chi connectivity index (χ4n) is 2.27. The summed E-state index contributed by atoms with van der Waals surface area (Å²) in [6.45, 7) is 4.67. The molecule has 1 fully saturated rings. The number of aliphatic hydroxyl groups is 1. The van der Waals surface area contributed by atoms with Gasteiger partial charge in [0.25, 0.3) is 0 Å². The van der Waals surface area contributed by atoms with E-state index in [1.54, 1.807) is 0 Å². The van der Waals surface area contributed by atoms with Crippen LogP contribution in [0.15, 0.2) is 42.5 Å². The third kappa shape index (κ3) is 2.34. The second kappa shape index (κ2) is 4.81. The van der Waals surface area contributed by atoms with Gasteiger partial charge in [0.1, 0.15) is 5.60 Å². The molecule has 1 aliphatic heterocycles. The minimum absolute atomic E-state index is 0.650. The Labute approximate surface area is 97.2 Å². The van der Waals surface area contributed by atoms with E-state index < -0.39 is 5.60 Å². The lowest BCUT2D eigenvalue weighted by Crippen LogP contribution is -2.30. The highest BCUT2D eigenvalue weighted by atomic mass is 16.3. The van der Waals surface area contributed by atoms with Gasteiger partial charge in [-0.15, -0.1) is 0 Å². The summed E-state index contributed by atoms with van der Waals surface area (Å²) in [4.78, 5) is 2.28. The van der Waals surface area contributed by atoms with Crippen LogP contribution in [-0.4, -0.2) is 29.6 Å². The summed E-state index contributed by atoms with van der Waals surface area (Å²) >= 11 is 0. The number of rotatable bonds is 3. The molecule has 1 aromatic rings. The van der Waals surface area contributed by atoms with Crippen LogP contribution in [0.1, 0.15) is 18.9 Å². The average Bonchev–Trinajstić information content (AvgIpc) is 2.71. The van der Waals surface area contributed by atoms with Crippen molar-refractivity contribution in [2.75, 3.05) is 19.6 Å². The number of hydrogen-bond acceptors (Lipinski definition) is 2. The van der Waals surface area contributed by atoms with Crippen LogP contribution in [0, 0.1) is 0 Å². The molecule has 0 aliphatic carbocycles. The van der Waals surface area contributed by atoms with Crippen molar-refractivity contribution in [1.82, 2.24) is 4.90 Å². The van der Waals surface area contributed by atoms with Gasteiger partial charge in [0.2, 0.25) is 0 Å². The minimum atomic E-state index is -0.650. The van der Waals surface area contributed by atoms with Crippen molar-refractivity contribution < 1.29 is 5.11 Å². The van der Waals surface area contributed by atoms with Gasteiger partial charge in [-0.2, -0.15) is 0 Å². The van der Waals surface area contributed by atoms with Crippen LogP contribution in [0.25, 0.3) is 0 Å². The third-order valence-corrected chi connectivity index (χ3v) is 3.24. The summed E-state index contributed by atoms with van der Waals surface area (Å²) in [5.41, 5.74) is 0.390. The molecule has 86 valence electrons. The first kappa shape index (κ1) is 11.4. The molecule has 0 unspecified atom stereocenters. The van der Waals surface area contributed by atoms with Crippen molar-refractivity contribution >= 4 is 0 Å². The predicted molar refractivity (Wildman–Crippen MR) is 66.2 cm³/mol. The molecule has 1 N–H and O–H groups in total. The van der Waals surface area contributed by atoms with Gasteiger partial charge in [-0.3, -0.25) is 4.90 Å². The molecular weight excluding hydrogens is 198 g/mol. The molecule has 1 saturated heterocycles. The molecular formula is C14H19NO. The van der Waals surface area contributed by atoms with Crippen molar-refractivity contribution in [3.63, 3.8) is 0 Å². The molecule has 1 aliphatic rings. The largest absolute Gasteiger partial charge is 0.384 e. The lowest BCUT2D eigenvalue weighted by atomic mass is 9.93. The van der Waals surface area contributed by atoms with E-state index in [2.05, 4.69) is 17.1 Å². The summed E-state index contributed by atoms with van der Waals surface area (Å²) in [7, 11) is 0. The molecule has 0 saturated carbocycles. The number of likely N-dealkylation sites (tertiary alicyclic amines) is 1. The first-order valence-electron chi connectivity index (χ1n) is 5.86. The Balaban J connectivity index is 2.06. The Hall–Kier alpha value is -1.12. The molecule has 0 spiro atoms. The van der Waals surface area contributed by atoms with Crippen molar-refractivity contribution in [3.05, 3.63) is 48.0 Å². The van der Waals surface area contributed by atoms with Crippen LogP contribution in [0.2, 0.25) is 0 Å². The maximum atomic E-state index is 10.6. The minimum Gasteiger partial charge on any atom is -0.384 e. The van der Waals surface area contributed by atoms with Gasteiger partial charge in [0.15, 0.2) is 0 Å². The monoisotopic (exact) mass is 217 g/mol. The fraction of sp³-hybridized carbons (Fsp3) is 0.429. The van der Waals surface area contributed by atoms with Crippen molar-refractivity contribution in [3.8, 4) is 0 Å². The zero-order valence-electron chi connectivity index (χ0n) is 9.76. The Bertz CT molecular complexity index is 360. The van der Waals surface area contributed by atoms with Crippen molar-refractivity contribution in [2.45, 2.75) is 18.9 Å². The number of hydrogen-bond donors (Lipinski definition) is 1. The van der Waals surface area contributed by atoms with Crippen LogP contribution < -0.4 is 0 Å². The molecule has 0 aromatic heterocycles. The molecule has 2 heteroatoms. The quantitative estimate of drug-likeness (QED) is 0.784. The Kier molecular flexibility index (Phi) is 3.42. The first-order chi connectivity index (χ1) is 7.74. The number of benzene rings is 1. The van der Waals surface area contributed by atoms with E-state index in [-0.39, 0.29) is 0 Å². The molecule has 1 heterocycles. The van der Waals surface area contributed by atoms with E-state index >= 15 is 0 Å². The normalized spacial score (nSPS) is 26.6. The molecule has 0 bridgehead atoms. The summed E-state index contributed by atoms with van der Waals surface area (Å²) in [6, 6.07) is 9.99. The van der Waals surface area contributed by atoms with E-state index in [0.717, 1.165) is 31.6 Å². The molecule has 2 nitrogen and oxygen atoms in total. The third-order valence-electron chi connectivity index (χ3n) is 3.24. The number of β-amino-alcohol motifs (C(OH)–C–C–N with tert-alkyl or cyclic N) is 1. The van der Waals surface area contributed by atoms with E-state index in [4.69, 9.17) is 0 Å². The Morgan fingerprint density at radius 2 is 2.12 bits per heavy atom. The molecule has 1 atom stereocenters. The van der Waals surface area contributed by atoms with Gasteiger partial charge < -0.3 is 5.11 Å². The van der Waals surface area contributed by atoms with Crippen LogP contribution in [0.3, 0.4) is 0 Å². The predicted octanol–water partition coefficient (Wildman–Crippen LogP) is 2.16. The van der Waals surface area contributed by atoms with Crippen molar-refractivity contribution in [1.29, 1.82) is 0 Å². The fourth-order valence-corrected chi connectivity index (χ4v) is 2.27.